The number of rotatable bonds is 48. The van der Waals surface area contributed by atoms with Crippen molar-refractivity contribution in [2.24, 2.45) is 23.7 Å². The Morgan fingerprint density at radius 1 is 0.562 bits per heavy atom. The fourth-order valence-electron chi connectivity index (χ4n) is 14.6. The van der Waals surface area contributed by atoms with Crippen LogP contribution in [0.2, 0.25) is 0 Å². The minimum Gasteiger partial charge on any atom is -0.445 e. The third-order valence-electron chi connectivity index (χ3n) is 21.5. The molecule has 2 heterocycles. The number of anilines is 2. The topological polar surface area (TPSA) is 390 Å². The highest BCUT2D eigenvalue weighted by Gasteiger charge is 2.44. The smallest absolute Gasteiger partial charge is 0.410 e. The number of likely N-dealkylation sites (tertiary alicyclic amines) is 1. The Labute approximate surface area is 709 Å². The van der Waals surface area contributed by atoms with Gasteiger partial charge in [0.25, 0.3) is 0 Å². The SMILES string of the molecule is CC[C@@H](C)[C@H]([C@H](CC(=O)N1CCC[C@@H]1[C@@H](OC)[C@H](C)C(=O)N[C@@H](C)[C@H](O)c1ccccc1)OC)N(C)C(=O)[C@H](NC(=O)[C@@H](C(C)C)N(C)C(=O)OCc1ccc(NC(=O)CNC(=O)[C@H](Cc2ccccc2)NC(=O)CNC(=O)CNC(=O)CCOCCOCCOCCNC(=O)CCC(=O)N2Cc3ccccc3C#Cc3ccccc32)cc1)C(C)C. The Kier molecular flexibility index (Phi) is 40.2. The number of likely N-dealkylation sites (N-methyl/N-ethyl adjacent to an activating group) is 2. The summed E-state index contributed by atoms with van der Waals surface area (Å²) in [5.41, 5.74) is 5.44. The second-order valence-electron chi connectivity index (χ2n) is 31.0. The summed E-state index contributed by atoms with van der Waals surface area (Å²) in [6.45, 7) is 15.0. The number of fused-ring (bicyclic) bond motifs is 2. The van der Waals surface area contributed by atoms with Crippen LogP contribution in [0.3, 0.4) is 0 Å². The first-order valence-corrected chi connectivity index (χ1v) is 41.4. The summed E-state index contributed by atoms with van der Waals surface area (Å²) in [6, 6.07) is 34.3. The van der Waals surface area contributed by atoms with Crippen molar-refractivity contribution in [3.63, 3.8) is 0 Å². The van der Waals surface area contributed by atoms with Crippen LogP contribution < -0.4 is 47.4 Å². The van der Waals surface area contributed by atoms with E-state index in [1.807, 2.05) is 80.6 Å². The molecule has 0 unspecified atom stereocenters. The van der Waals surface area contributed by atoms with Gasteiger partial charge in [-0.1, -0.05) is 170 Å². The number of nitrogens with zero attached hydrogens (tertiary/aromatic N) is 4. The van der Waals surface area contributed by atoms with E-state index in [4.69, 9.17) is 28.4 Å². The number of aliphatic hydroxyl groups is 1. The molecule has 656 valence electrons. The number of aliphatic hydroxyl groups excluding tert-OH is 1. The molecule has 5 aromatic carbocycles. The number of nitrogens with one attached hydrogen (secondary N) is 8. The van der Waals surface area contributed by atoms with Gasteiger partial charge in [0, 0.05) is 83.9 Å². The molecule has 31 heteroatoms. The number of para-hydroxylation sites is 1. The maximum Gasteiger partial charge on any atom is 0.410 e. The van der Waals surface area contributed by atoms with E-state index in [0.717, 1.165) is 16.7 Å². The molecule has 2 aliphatic rings. The van der Waals surface area contributed by atoms with Crippen molar-refractivity contribution in [2.75, 3.05) is 111 Å². The van der Waals surface area contributed by atoms with E-state index in [-0.39, 0.29) is 114 Å². The van der Waals surface area contributed by atoms with Gasteiger partial charge in [0.1, 0.15) is 24.7 Å². The Balaban J connectivity index is 0.771. The van der Waals surface area contributed by atoms with Gasteiger partial charge in [0.05, 0.1) is 120 Å². The fourth-order valence-corrected chi connectivity index (χ4v) is 14.6. The van der Waals surface area contributed by atoms with Gasteiger partial charge in [0.15, 0.2) is 0 Å². The molecule has 1 fully saturated rings. The number of carbonyl (C=O) groups is 12. The van der Waals surface area contributed by atoms with Crippen LogP contribution in [0.25, 0.3) is 0 Å². The first kappa shape index (κ1) is 97.0. The summed E-state index contributed by atoms with van der Waals surface area (Å²) in [5, 5.41) is 32.4. The van der Waals surface area contributed by atoms with E-state index in [2.05, 4.69) is 54.4 Å². The van der Waals surface area contributed by atoms with Crippen molar-refractivity contribution < 1.29 is 91.1 Å². The summed E-state index contributed by atoms with van der Waals surface area (Å²) >= 11 is 0. The molecule has 1 saturated heterocycles. The van der Waals surface area contributed by atoms with Crippen LogP contribution in [0.1, 0.15) is 140 Å². The number of methoxy groups -OCH3 is 2. The van der Waals surface area contributed by atoms with Crippen molar-refractivity contribution in [1.29, 1.82) is 0 Å². The molecule has 12 amide bonds. The zero-order valence-electron chi connectivity index (χ0n) is 71.6. The summed E-state index contributed by atoms with van der Waals surface area (Å²) in [5.74, 6) is -0.609. The molecule has 7 rings (SSSR count). The number of amides is 12. The van der Waals surface area contributed by atoms with Crippen LogP contribution in [0.15, 0.2) is 133 Å². The summed E-state index contributed by atoms with van der Waals surface area (Å²) < 4.78 is 34.3. The molecule has 5 aromatic rings. The molecule has 0 bridgehead atoms. The average Bonchev–Trinajstić information content (AvgIpc) is 1.05. The molecule has 0 saturated carbocycles. The monoisotopic (exact) mass is 1670 g/mol. The van der Waals surface area contributed by atoms with Gasteiger partial charge in [0.2, 0.25) is 65.0 Å². The van der Waals surface area contributed by atoms with Gasteiger partial charge in [-0.3, -0.25) is 57.6 Å². The highest BCUT2D eigenvalue weighted by Crippen LogP contribution is 2.32. The molecule has 0 aromatic heterocycles. The zero-order chi connectivity index (χ0) is 88.1. The lowest BCUT2D eigenvalue weighted by Crippen LogP contribution is -2.60. The number of hydrogen-bond donors (Lipinski definition) is 9. The van der Waals surface area contributed by atoms with Crippen molar-refractivity contribution in [1.82, 2.24) is 51.9 Å². The van der Waals surface area contributed by atoms with Crippen LogP contribution >= 0.6 is 0 Å². The predicted molar refractivity (Wildman–Crippen MR) is 454 cm³/mol. The van der Waals surface area contributed by atoms with Crippen molar-refractivity contribution >= 4 is 82.4 Å². The minimum absolute atomic E-state index is 0.00950. The highest BCUT2D eigenvalue weighted by atomic mass is 16.6. The first-order chi connectivity index (χ1) is 58.0. The van der Waals surface area contributed by atoms with Crippen LogP contribution in [-0.4, -0.2) is 240 Å². The van der Waals surface area contributed by atoms with Crippen LogP contribution in [0.4, 0.5) is 16.2 Å². The molecule has 9 N–H and O–H groups in total. The van der Waals surface area contributed by atoms with Gasteiger partial charge in [-0.15, -0.1) is 0 Å². The fraction of sp³-hybridized carbons (Fsp3) is 0.511. The number of ether oxygens (including phenoxy) is 6. The lowest BCUT2D eigenvalue weighted by molar-refractivity contribution is -0.148. The lowest BCUT2D eigenvalue weighted by Gasteiger charge is -2.41. The molecule has 31 nitrogen and oxygen atoms in total. The Hall–Kier alpha value is -11.1. The third-order valence-corrected chi connectivity index (χ3v) is 21.5. The van der Waals surface area contributed by atoms with Gasteiger partial charge in [-0.2, -0.15) is 0 Å². The Bertz CT molecular complexity index is 4300. The van der Waals surface area contributed by atoms with Gasteiger partial charge < -0.3 is 90.8 Å². The number of hydrogen-bond acceptors (Lipinski definition) is 19. The van der Waals surface area contributed by atoms with Gasteiger partial charge in [-0.05, 0) is 90.1 Å². The summed E-state index contributed by atoms with van der Waals surface area (Å²) in [7, 11) is 6.07. The third kappa shape index (κ3) is 30.5. The van der Waals surface area contributed by atoms with E-state index in [0.29, 0.717) is 60.4 Å². The van der Waals surface area contributed by atoms with Crippen LogP contribution in [0, 0.1) is 35.5 Å². The van der Waals surface area contributed by atoms with E-state index < -0.39 is 139 Å². The zero-order valence-corrected chi connectivity index (χ0v) is 71.6. The summed E-state index contributed by atoms with van der Waals surface area (Å²) in [4.78, 5) is 169. The minimum atomic E-state index is -1.17. The van der Waals surface area contributed by atoms with Crippen LogP contribution in [0.5, 0.6) is 0 Å². The van der Waals surface area contributed by atoms with E-state index in [9.17, 15) is 62.6 Å². The maximum atomic E-state index is 14.8. The first-order valence-electron chi connectivity index (χ1n) is 41.4. The molecule has 11 atom stereocenters. The maximum absolute atomic E-state index is 14.8. The van der Waals surface area contributed by atoms with Crippen molar-refractivity contribution in [3.8, 4) is 11.8 Å². The normalized spacial score (nSPS) is 15.3. The summed E-state index contributed by atoms with van der Waals surface area (Å²) in [6.07, 6.45) is -1.45. The molecule has 2 aliphatic heterocycles. The molecule has 121 heavy (non-hydrogen) atoms. The van der Waals surface area contributed by atoms with Crippen molar-refractivity contribution in [3.05, 3.63) is 167 Å². The van der Waals surface area contributed by atoms with E-state index >= 15 is 0 Å². The highest BCUT2D eigenvalue weighted by molar-refractivity contribution is 5.98. The molecular formula is C90H122N12O19. The van der Waals surface area contributed by atoms with Crippen LogP contribution in [-0.2, 0) is 101 Å². The largest absolute Gasteiger partial charge is 0.445 e. The molecular weight excluding hydrogens is 1550 g/mol. The molecule has 0 aliphatic carbocycles. The molecule has 0 radical (unpaired) electrons. The van der Waals surface area contributed by atoms with Crippen molar-refractivity contribution in [2.45, 2.75) is 174 Å². The second-order valence-corrected chi connectivity index (χ2v) is 31.0. The Morgan fingerprint density at radius 2 is 1.17 bits per heavy atom. The van der Waals surface area contributed by atoms with E-state index in [1.54, 1.807) is 130 Å². The number of benzene rings is 5. The lowest BCUT2D eigenvalue weighted by atomic mass is 9.89. The second kappa shape index (κ2) is 50.2. The van der Waals surface area contributed by atoms with Gasteiger partial charge in [-0.25, -0.2) is 4.79 Å². The predicted octanol–water partition coefficient (Wildman–Crippen LogP) is 5.88. The quantitative estimate of drug-likeness (QED) is 0.0162. The Morgan fingerprint density at radius 3 is 1.83 bits per heavy atom. The van der Waals surface area contributed by atoms with E-state index in [1.165, 1.54) is 26.2 Å². The average molecular weight is 1680 g/mol. The van der Waals surface area contributed by atoms with Gasteiger partial charge >= 0.3 is 6.09 Å². The molecule has 0 spiro atoms. The standard InChI is InChI=1S/C90H122N12O19/c1-13-60(6)83(73(116-11)52-80(109)101-44-24-33-72(101)85(117-12)61(7)86(111)95-62(8)84(110)67-29-18-15-19-30-67)99(9)89(114)81(58(2)3)98-88(113)82(59(4)5)100(10)90(115)121-57-64-34-38-69(39-35-64)96-77(106)55-94-87(112)70(51-63-25-16-14-17-26-63)97-78(107)54-93-76(105)53-92-75(104)42-45-118-47-49-120-50-48-119-46-43-91-74(103)40-41-79(108)102-56-68-31-21-20-27-65(68)36-37-66-28-22-23-32-71(66)102/h14-23,25-32,34-35,38-39,58-62,70,72-73,81-85,110H,13,24,33,40-57H2,1-12H3,(H,91,103)(H,92,104)(H,93,105)(H,94,112)(H,95,111)(H,96,106)(H,97,107)(H,98,113)/t60-,61+,62+,70+,72-,73+,81-,82-,83-,84+,85+/m1/s1. The number of carbonyl (C=O) groups excluding carboxylic acids is 12.